The molecule has 0 amide bonds. The summed E-state index contributed by atoms with van der Waals surface area (Å²) in [5, 5.41) is 6.40. The Bertz CT molecular complexity index is 941. The molecule has 0 spiro atoms. The number of nitrogens with zero attached hydrogens (tertiary/aromatic N) is 3. The minimum absolute atomic E-state index is 0.483. The van der Waals surface area contributed by atoms with Gasteiger partial charge in [0, 0.05) is 22.7 Å². The molecular weight excluding hydrogens is 294 g/mol. The summed E-state index contributed by atoms with van der Waals surface area (Å²) < 4.78 is 5.27. The summed E-state index contributed by atoms with van der Waals surface area (Å²) in [5.74, 6) is 1.08. The first kappa shape index (κ1) is 12.9. The molecule has 0 atom stereocenters. The summed E-state index contributed by atoms with van der Waals surface area (Å²) in [4.78, 5) is 9.47. The van der Waals surface area contributed by atoms with E-state index in [1.165, 1.54) is 5.39 Å². The molecule has 2 aromatic carbocycles. The molecule has 0 aliphatic heterocycles. The fourth-order valence-corrected chi connectivity index (χ4v) is 2.72. The number of hydrogen-bond donors (Lipinski definition) is 0. The van der Waals surface area contributed by atoms with Gasteiger partial charge in [0.15, 0.2) is 0 Å². The second-order valence-corrected chi connectivity index (χ2v) is 5.67. The summed E-state index contributed by atoms with van der Waals surface area (Å²) in [6, 6.07) is 14.3. The zero-order valence-electron chi connectivity index (χ0n) is 11.5. The van der Waals surface area contributed by atoms with E-state index in [0.29, 0.717) is 11.7 Å². The third-order valence-corrected chi connectivity index (χ3v) is 4.03. The molecule has 0 unspecified atom stereocenters. The first-order valence-corrected chi connectivity index (χ1v) is 7.66. The van der Waals surface area contributed by atoms with Crippen molar-refractivity contribution in [2.75, 3.05) is 0 Å². The van der Waals surface area contributed by atoms with Crippen molar-refractivity contribution in [3.05, 3.63) is 64.9 Å². The van der Waals surface area contributed by atoms with Crippen LogP contribution in [0.25, 0.3) is 34.3 Å². The van der Waals surface area contributed by atoms with Crippen LogP contribution in [0, 0.1) is 0 Å². The predicted molar refractivity (Wildman–Crippen MR) is 88.3 cm³/mol. The van der Waals surface area contributed by atoms with Crippen LogP contribution >= 0.6 is 11.3 Å². The van der Waals surface area contributed by atoms with E-state index in [1.807, 2.05) is 24.3 Å². The van der Waals surface area contributed by atoms with Crippen molar-refractivity contribution < 1.29 is 4.52 Å². The summed E-state index contributed by atoms with van der Waals surface area (Å²) in [7, 11) is 0. The number of benzene rings is 2. The Labute approximate surface area is 130 Å². The first-order chi connectivity index (χ1) is 10.9. The normalized spacial score (nSPS) is 11.5. The third-order valence-electron chi connectivity index (χ3n) is 3.29. The van der Waals surface area contributed by atoms with Crippen molar-refractivity contribution in [1.82, 2.24) is 15.1 Å². The summed E-state index contributed by atoms with van der Waals surface area (Å²) >= 11 is 1.56. The number of aromatic nitrogens is 3. The van der Waals surface area contributed by atoms with E-state index in [-0.39, 0.29) is 0 Å². The Morgan fingerprint density at radius 3 is 2.77 bits per heavy atom. The molecule has 0 saturated carbocycles. The molecule has 4 rings (SSSR count). The highest BCUT2D eigenvalue weighted by Gasteiger charge is 2.07. The van der Waals surface area contributed by atoms with E-state index < -0.39 is 0 Å². The topological polar surface area (TPSA) is 51.8 Å². The van der Waals surface area contributed by atoms with Crippen molar-refractivity contribution in [1.29, 1.82) is 0 Å². The standard InChI is InChI=1S/C17H11N3OS/c1-2-4-13-9-14(6-5-12(13)3-1)17-19-16(21-20-17)8-7-15-10-18-11-22-15/h1-11H/b8-7+. The zero-order valence-corrected chi connectivity index (χ0v) is 12.3. The second-order valence-electron chi connectivity index (χ2n) is 4.76. The Morgan fingerprint density at radius 1 is 1.00 bits per heavy atom. The van der Waals surface area contributed by atoms with E-state index >= 15 is 0 Å². The van der Waals surface area contributed by atoms with E-state index in [1.54, 1.807) is 29.1 Å². The molecular formula is C17H11N3OS. The van der Waals surface area contributed by atoms with E-state index in [2.05, 4.69) is 39.4 Å². The second kappa shape index (κ2) is 5.54. The minimum atomic E-state index is 0.483. The Hall–Kier alpha value is -2.79. The number of hydrogen-bond acceptors (Lipinski definition) is 5. The molecule has 0 saturated heterocycles. The Kier molecular flexibility index (Phi) is 3.25. The average Bonchev–Trinajstić information content (AvgIpc) is 3.24. The third kappa shape index (κ3) is 2.54. The van der Waals surface area contributed by atoms with Crippen LogP contribution in [0.3, 0.4) is 0 Å². The smallest absolute Gasteiger partial charge is 0.250 e. The van der Waals surface area contributed by atoms with Crippen molar-refractivity contribution >= 4 is 34.3 Å². The van der Waals surface area contributed by atoms with Gasteiger partial charge in [-0.1, -0.05) is 41.6 Å². The van der Waals surface area contributed by atoms with Crippen LogP contribution in [0.2, 0.25) is 0 Å². The van der Waals surface area contributed by atoms with Gasteiger partial charge >= 0.3 is 0 Å². The zero-order chi connectivity index (χ0) is 14.8. The monoisotopic (exact) mass is 305 g/mol. The molecule has 106 valence electrons. The van der Waals surface area contributed by atoms with Crippen molar-refractivity contribution in [3.63, 3.8) is 0 Å². The highest BCUT2D eigenvalue weighted by Crippen LogP contribution is 2.22. The largest absolute Gasteiger partial charge is 0.334 e. The van der Waals surface area contributed by atoms with Crippen molar-refractivity contribution in [2.24, 2.45) is 0 Å². The average molecular weight is 305 g/mol. The maximum Gasteiger partial charge on any atom is 0.250 e. The van der Waals surface area contributed by atoms with Gasteiger partial charge in [0.1, 0.15) is 0 Å². The SMILES string of the molecule is C(=C\c1cncs1)/c1nc(-c2ccc3ccccc3c2)no1. The molecule has 5 heteroatoms. The molecule has 22 heavy (non-hydrogen) atoms. The molecule has 2 aromatic heterocycles. The van der Waals surface area contributed by atoms with E-state index in [9.17, 15) is 0 Å². The summed E-state index contributed by atoms with van der Waals surface area (Å²) in [6.45, 7) is 0. The Balaban J connectivity index is 1.65. The summed E-state index contributed by atoms with van der Waals surface area (Å²) in [5.41, 5.74) is 2.73. The van der Waals surface area contributed by atoms with Crippen LogP contribution in [-0.4, -0.2) is 15.1 Å². The van der Waals surface area contributed by atoms with Crippen LogP contribution < -0.4 is 0 Å². The van der Waals surface area contributed by atoms with Gasteiger partial charge in [-0.05, 0) is 22.9 Å². The molecule has 0 fully saturated rings. The van der Waals surface area contributed by atoms with E-state index in [0.717, 1.165) is 15.8 Å². The summed E-state index contributed by atoms with van der Waals surface area (Å²) in [6.07, 6.45) is 5.50. The van der Waals surface area contributed by atoms with Gasteiger partial charge in [-0.3, -0.25) is 4.98 Å². The van der Waals surface area contributed by atoms with Gasteiger partial charge in [0.2, 0.25) is 5.82 Å². The van der Waals surface area contributed by atoms with Gasteiger partial charge in [0.05, 0.1) is 5.51 Å². The van der Waals surface area contributed by atoms with Gasteiger partial charge < -0.3 is 4.52 Å². The lowest BCUT2D eigenvalue weighted by Crippen LogP contribution is -1.81. The van der Waals surface area contributed by atoms with Gasteiger partial charge in [-0.15, -0.1) is 11.3 Å². The highest BCUT2D eigenvalue weighted by atomic mass is 32.1. The van der Waals surface area contributed by atoms with Crippen molar-refractivity contribution in [3.8, 4) is 11.4 Å². The molecule has 4 nitrogen and oxygen atoms in total. The highest BCUT2D eigenvalue weighted by molar-refractivity contribution is 7.10. The van der Waals surface area contributed by atoms with Gasteiger partial charge in [0.25, 0.3) is 5.89 Å². The molecule has 0 N–H and O–H groups in total. The maximum atomic E-state index is 5.27. The van der Waals surface area contributed by atoms with Crippen LogP contribution in [-0.2, 0) is 0 Å². The fourth-order valence-electron chi connectivity index (χ4n) is 2.21. The van der Waals surface area contributed by atoms with Crippen LogP contribution in [0.5, 0.6) is 0 Å². The van der Waals surface area contributed by atoms with Crippen molar-refractivity contribution in [2.45, 2.75) is 0 Å². The Morgan fingerprint density at radius 2 is 1.91 bits per heavy atom. The molecule has 0 aliphatic carbocycles. The minimum Gasteiger partial charge on any atom is -0.334 e. The number of rotatable bonds is 3. The van der Waals surface area contributed by atoms with Crippen LogP contribution in [0.15, 0.2) is 58.7 Å². The van der Waals surface area contributed by atoms with Gasteiger partial charge in [-0.25, -0.2) is 0 Å². The van der Waals surface area contributed by atoms with Crippen LogP contribution in [0.4, 0.5) is 0 Å². The number of thiazole rings is 1. The fraction of sp³-hybridized carbons (Fsp3) is 0. The quantitative estimate of drug-likeness (QED) is 0.558. The molecule has 0 bridgehead atoms. The van der Waals surface area contributed by atoms with Crippen LogP contribution in [0.1, 0.15) is 10.8 Å². The molecule has 2 heterocycles. The maximum absolute atomic E-state index is 5.27. The molecule has 0 radical (unpaired) electrons. The lowest BCUT2D eigenvalue weighted by molar-refractivity contribution is 0.411. The number of fused-ring (bicyclic) bond motifs is 1. The predicted octanol–water partition coefficient (Wildman–Crippen LogP) is 4.52. The lowest BCUT2D eigenvalue weighted by atomic mass is 10.1. The van der Waals surface area contributed by atoms with E-state index in [4.69, 9.17) is 4.52 Å². The lowest BCUT2D eigenvalue weighted by Gasteiger charge is -1.98. The first-order valence-electron chi connectivity index (χ1n) is 6.78. The molecule has 4 aromatic rings. The molecule has 0 aliphatic rings. The van der Waals surface area contributed by atoms with Gasteiger partial charge in [-0.2, -0.15) is 4.98 Å².